The monoisotopic (exact) mass is 292 g/mol. The molecule has 0 aliphatic carbocycles. The second-order valence-electron chi connectivity index (χ2n) is 5.72. The Morgan fingerprint density at radius 1 is 1.33 bits per heavy atom. The molecule has 2 N–H and O–H groups in total. The van der Waals surface area contributed by atoms with Crippen LogP contribution in [0.5, 0.6) is 11.5 Å². The van der Waals surface area contributed by atoms with Gasteiger partial charge >= 0.3 is 0 Å². The fourth-order valence-corrected chi connectivity index (χ4v) is 2.22. The SMILES string of the molecule is COc1ccc(OC(C)C)c(NC(=O)C(C)C2CNC2)c1. The lowest BCUT2D eigenvalue weighted by Gasteiger charge is -2.31. The zero-order valence-electron chi connectivity index (χ0n) is 13.1. The van der Waals surface area contributed by atoms with E-state index in [0.29, 0.717) is 23.1 Å². The second kappa shape index (κ2) is 6.80. The molecule has 1 fully saturated rings. The van der Waals surface area contributed by atoms with Crippen LogP contribution in [0.2, 0.25) is 0 Å². The van der Waals surface area contributed by atoms with Gasteiger partial charge in [0.1, 0.15) is 11.5 Å². The summed E-state index contributed by atoms with van der Waals surface area (Å²) in [5, 5.41) is 6.16. The van der Waals surface area contributed by atoms with Crippen LogP contribution >= 0.6 is 0 Å². The summed E-state index contributed by atoms with van der Waals surface area (Å²) in [6, 6.07) is 5.44. The number of carbonyl (C=O) groups is 1. The maximum absolute atomic E-state index is 12.3. The molecule has 1 aliphatic rings. The van der Waals surface area contributed by atoms with Crippen molar-refractivity contribution in [2.75, 3.05) is 25.5 Å². The number of benzene rings is 1. The number of anilines is 1. The Balaban J connectivity index is 2.13. The van der Waals surface area contributed by atoms with Crippen LogP contribution < -0.4 is 20.1 Å². The Labute approximate surface area is 126 Å². The van der Waals surface area contributed by atoms with Crippen LogP contribution in [0.25, 0.3) is 0 Å². The lowest BCUT2D eigenvalue weighted by Crippen LogP contribution is -2.48. The number of hydrogen-bond acceptors (Lipinski definition) is 4. The molecular weight excluding hydrogens is 268 g/mol. The number of ether oxygens (including phenoxy) is 2. The van der Waals surface area contributed by atoms with E-state index in [2.05, 4.69) is 10.6 Å². The summed E-state index contributed by atoms with van der Waals surface area (Å²) in [7, 11) is 1.60. The number of methoxy groups -OCH3 is 1. The summed E-state index contributed by atoms with van der Waals surface area (Å²) < 4.78 is 11.0. The predicted molar refractivity (Wildman–Crippen MR) is 82.9 cm³/mol. The lowest BCUT2D eigenvalue weighted by molar-refractivity contribution is -0.121. The van der Waals surface area contributed by atoms with Crippen molar-refractivity contribution < 1.29 is 14.3 Å². The van der Waals surface area contributed by atoms with E-state index < -0.39 is 0 Å². The van der Waals surface area contributed by atoms with E-state index in [-0.39, 0.29) is 17.9 Å². The molecule has 1 aromatic carbocycles. The molecule has 0 saturated carbocycles. The highest BCUT2D eigenvalue weighted by atomic mass is 16.5. The third kappa shape index (κ3) is 3.88. The smallest absolute Gasteiger partial charge is 0.227 e. The number of nitrogens with one attached hydrogen (secondary N) is 2. The standard InChI is InChI=1S/C16H24N2O3/c1-10(2)21-15-6-5-13(20-4)7-14(15)18-16(19)11(3)12-8-17-9-12/h5-7,10-12,17H,8-9H2,1-4H3,(H,18,19). The van der Waals surface area contributed by atoms with Crippen LogP contribution in [-0.4, -0.2) is 32.2 Å². The molecule has 1 heterocycles. The summed E-state index contributed by atoms with van der Waals surface area (Å²) in [5.41, 5.74) is 0.659. The molecule has 1 unspecified atom stereocenters. The fourth-order valence-electron chi connectivity index (χ4n) is 2.22. The molecule has 0 radical (unpaired) electrons. The molecule has 0 spiro atoms. The van der Waals surface area contributed by atoms with Crippen molar-refractivity contribution >= 4 is 11.6 Å². The van der Waals surface area contributed by atoms with Crippen molar-refractivity contribution in [3.8, 4) is 11.5 Å². The normalized spacial score (nSPS) is 16.2. The van der Waals surface area contributed by atoms with E-state index in [1.807, 2.05) is 32.9 Å². The van der Waals surface area contributed by atoms with Gasteiger partial charge in [-0.3, -0.25) is 4.79 Å². The number of amides is 1. The molecule has 1 aliphatic heterocycles. The van der Waals surface area contributed by atoms with E-state index in [0.717, 1.165) is 13.1 Å². The Hall–Kier alpha value is -1.75. The average Bonchev–Trinajstić information content (AvgIpc) is 2.38. The Bertz CT molecular complexity index is 498. The zero-order chi connectivity index (χ0) is 15.4. The molecule has 116 valence electrons. The number of carbonyl (C=O) groups excluding carboxylic acids is 1. The first-order valence-electron chi connectivity index (χ1n) is 7.37. The highest BCUT2D eigenvalue weighted by Gasteiger charge is 2.29. The van der Waals surface area contributed by atoms with Crippen LogP contribution in [0.1, 0.15) is 20.8 Å². The van der Waals surface area contributed by atoms with Crippen LogP contribution in [0, 0.1) is 11.8 Å². The van der Waals surface area contributed by atoms with Crippen molar-refractivity contribution in [1.82, 2.24) is 5.32 Å². The van der Waals surface area contributed by atoms with Crippen molar-refractivity contribution in [3.05, 3.63) is 18.2 Å². The van der Waals surface area contributed by atoms with Gasteiger partial charge in [-0.2, -0.15) is 0 Å². The molecule has 5 heteroatoms. The minimum Gasteiger partial charge on any atom is -0.497 e. The minimum atomic E-state index is -0.0237. The van der Waals surface area contributed by atoms with Gasteiger partial charge in [-0.05, 0) is 45.0 Å². The molecule has 2 rings (SSSR count). The molecule has 0 bridgehead atoms. The first-order chi connectivity index (χ1) is 10.0. The van der Waals surface area contributed by atoms with Crippen molar-refractivity contribution in [2.45, 2.75) is 26.9 Å². The van der Waals surface area contributed by atoms with Gasteiger partial charge < -0.3 is 20.1 Å². The Morgan fingerprint density at radius 3 is 2.57 bits per heavy atom. The summed E-state index contributed by atoms with van der Waals surface area (Å²) in [5.74, 6) is 1.76. The highest BCUT2D eigenvalue weighted by Crippen LogP contribution is 2.31. The van der Waals surface area contributed by atoms with Crippen molar-refractivity contribution in [2.24, 2.45) is 11.8 Å². The number of rotatable bonds is 6. The third-order valence-electron chi connectivity index (χ3n) is 3.74. The topological polar surface area (TPSA) is 59.6 Å². The van der Waals surface area contributed by atoms with Crippen molar-refractivity contribution in [1.29, 1.82) is 0 Å². The summed E-state index contributed by atoms with van der Waals surface area (Å²) in [4.78, 5) is 12.3. The van der Waals surface area contributed by atoms with Gasteiger partial charge in [0, 0.05) is 12.0 Å². The first kappa shape index (κ1) is 15.6. The molecule has 0 aromatic heterocycles. The summed E-state index contributed by atoms with van der Waals surface area (Å²) in [6.45, 7) is 7.69. The molecule has 1 atom stereocenters. The number of hydrogen-bond donors (Lipinski definition) is 2. The van der Waals surface area contributed by atoms with Crippen LogP contribution in [0.4, 0.5) is 5.69 Å². The third-order valence-corrected chi connectivity index (χ3v) is 3.74. The average molecular weight is 292 g/mol. The van der Waals surface area contributed by atoms with Crippen LogP contribution in [0.3, 0.4) is 0 Å². The maximum atomic E-state index is 12.3. The fraction of sp³-hybridized carbons (Fsp3) is 0.562. The van der Waals surface area contributed by atoms with E-state index in [4.69, 9.17) is 9.47 Å². The van der Waals surface area contributed by atoms with Gasteiger partial charge in [0.15, 0.2) is 0 Å². The lowest BCUT2D eigenvalue weighted by atomic mass is 9.88. The van der Waals surface area contributed by atoms with Gasteiger partial charge in [0.2, 0.25) is 5.91 Å². The quantitative estimate of drug-likeness (QED) is 0.844. The maximum Gasteiger partial charge on any atom is 0.227 e. The largest absolute Gasteiger partial charge is 0.497 e. The van der Waals surface area contributed by atoms with E-state index in [9.17, 15) is 4.79 Å². The molecule has 1 aromatic rings. The van der Waals surface area contributed by atoms with E-state index in [1.54, 1.807) is 13.2 Å². The second-order valence-corrected chi connectivity index (χ2v) is 5.72. The van der Waals surface area contributed by atoms with E-state index in [1.165, 1.54) is 0 Å². The minimum absolute atomic E-state index is 0.0170. The summed E-state index contributed by atoms with van der Waals surface area (Å²) in [6.07, 6.45) is 0.0438. The summed E-state index contributed by atoms with van der Waals surface area (Å²) >= 11 is 0. The predicted octanol–water partition coefficient (Wildman–Crippen LogP) is 2.28. The van der Waals surface area contributed by atoms with E-state index >= 15 is 0 Å². The van der Waals surface area contributed by atoms with Crippen LogP contribution in [-0.2, 0) is 4.79 Å². The molecule has 21 heavy (non-hydrogen) atoms. The Kier molecular flexibility index (Phi) is 5.07. The highest BCUT2D eigenvalue weighted by molar-refractivity contribution is 5.94. The zero-order valence-corrected chi connectivity index (χ0v) is 13.1. The molecule has 1 amide bonds. The van der Waals surface area contributed by atoms with Gasteiger partial charge in [-0.1, -0.05) is 6.92 Å². The molecule has 5 nitrogen and oxygen atoms in total. The Morgan fingerprint density at radius 2 is 2.05 bits per heavy atom. The van der Waals surface area contributed by atoms with Gasteiger partial charge in [0.05, 0.1) is 18.9 Å². The first-order valence-corrected chi connectivity index (χ1v) is 7.37. The van der Waals surface area contributed by atoms with Gasteiger partial charge in [-0.25, -0.2) is 0 Å². The van der Waals surface area contributed by atoms with Crippen molar-refractivity contribution in [3.63, 3.8) is 0 Å². The van der Waals surface area contributed by atoms with Gasteiger partial charge in [-0.15, -0.1) is 0 Å². The van der Waals surface area contributed by atoms with Gasteiger partial charge in [0.25, 0.3) is 0 Å². The van der Waals surface area contributed by atoms with Crippen LogP contribution in [0.15, 0.2) is 18.2 Å². The molecular formula is C16H24N2O3. The molecule has 1 saturated heterocycles.